The van der Waals surface area contributed by atoms with Crippen LogP contribution in [0, 0.1) is 24.5 Å². The molecule has 0 bridgehead atoms. The van der Waals surface area contributed by atoms with Gasteiger partial charge in [0.15, 0.2) is 15.7 Å². The van der Waals surface area contributed by atoms with E-state index in [1.54, 1.807) is 102 Å². The highest BCUT2D eigenvalue weighted by atomic mass is 16.6. The molecule has 6 aliphatic rings. The molecular weight excluding hydrogens is 1860 g/mol. The van der Waals surface area contributed by atoms with E-state index in [2.05, 4.69) is 198 Å². The molecule has 6 N–H and O–H groups in total. The van der Waals surface area contributed by atoms with Crippen molar-refractivity contribution in [2.45, 2.75) is 288 Å². The molecule has 760 valence electrons. The zero-order chi connectivity index (χ0) is 106. The molecule has 56 heteroatoms. The van der Waals surface area contributed by atoms with Gasteiger partial charge in [-0.3, -0.25) is 0 Å². The van der Waals surface area contributed by atoms with Crippen molar-refractivity contribution in [1.82, 2.24) is 90.0 Å². The minimum absolute atomic E-state index is 0. The first-order valence-corrected chi connectivity index (χ1v) is 45.9. The molecule has 146 heavy (non-hydrogen) atoms. The van der Waals surface area contributed by atoms with Gasteiger partial charge < -0.3 is 59.1 Å². The summed E-state index contributed by atoms with van der Waals surface area (Å²) in [5, 5.41) is 138. The standard InChI is InChI=1S/C24H33N9O3.C21H21N9O3.C18H27N9O3.C15H15N9O3.2C2HB.6CH3B.2CH4/c1-4-19(34)22-16(13-31-10-7-25-28-31)23(20(35)5-2)18(15-33-12-9-27-30-33)24(21(36)6-3)17(22)14-32-11-8-26-29-32;1-4-28(25-22-1)7-13-19(16-10-31-16)14(8-29-5-2-23-26-29)21(18-12-33-18)15(20(13)17-11-32-17)9-30-6-3-24-27-30;1-4-13(28)16-10(7-22-25-19)17(14(29)5-2)12(9-24-27-21)18(15(30)6-3)11(16)8-23-26-20;16-22-19-1-7-13(10-4-25-10)8(2-20-23-17)15(12-6-27-12)9(3-21-24-18)14(7)11-5-26-11;2*1-2-3;6*1-2;;/h7-12,19-21,34-36H,4-6,13-15H2,1-3H3;1-6,16-18H,7-12H2;13-15,28-30H,4-9H2,1-3H3;10-12H,1-6H2;2*1H;6*1H3;2*1H4. The molecule has 6 fully saturated rings. The van der Waals surface area contributed by atoms with Crippen LogP contribution < -0.4 is 0 Å². The van der Waals surface area contributed by atoms with E-state index in [0.29, 0.717) is 148 Å². The van der Waals surface area contributed by atoms with Crippen LogP contribution in [0.4, 0.5) is 0 Å². The van der Waals surface area contributed by atoms with Gasteiger partial charge in [0.05, 0.1) is 239 Å². The third kappa shape index (κ3) is 35.0. The van der Waals surface area contributed by atoms with Gasteiger partial charge in [-0.1, -0.05) is 159 Å². The maximum Gasteiger partial charge on any atom is 0.187 e. The van der Waals surface area contributed by atoms with Gasteiger partial charge in [0.25, 0.3) is 0 Å². The fourth-order valence-electron chi connectivity index (χ4n) is 16.7. The van der Waals surface area contributed by atoms with E-state index in [1.165, 1.54) is 74.3 Å². The molecule has 12 atom stereocenters. The summed E-state index contributed by atoms with van der Waals surface area (Å²) < 4.78 is 44.8. The molecule has 6 aromatic heterocycles. The lowest BCUT2D eigenvalue weighted by atomic mass is 9.79. The molecular formula is C90H124B8N36O12. The molecule has 4 aromatic carbocycles. The Morgan fingerprint density at radius 3 is 0.541 bits per heavy atom. The Morgan fingerprint density at radius 2 is 0.418 bits per heavy atom. The van der Waals surface area contributed by atoms with Crippen molar-refractivity contribution in [3.63, 3.8) is 0 Å². The number of azide groups is 6. The van der Waals surface area contributed by atoms with Crippen molar-refractivity contribution in [1.29, 1.82) is 0 Å². The van der Waals surface area contributed by atoms with Gasteiger partial charge in [0.2, 0.25) is 0 Å². The molecule has 0 aliphatic carbocycles. The molecule has 0 amide bonds. The first-order chi connectivity index (χ1) is 70.4. The highest BCUT2D eigenvalue weighted by Gasteiger charge is 2.46. The van der Waals surface area contributed by atoms with E-state index < -0.39 is 36.6 Å². The summed E-state index contributed by atoms with van der Waals surface area (Å²) in [4.78, 5) is 17.0. The van der Waals surface area contributed by atoms with Crippen LogP contribution in [0.5, 0.6) is 0 Å². The van der Waals surface area contributed by atoms with Crippen LogP contribution in [-0.2, 0) is 107 Å². The number of ether oxygens (including phenoxy) is 6. The van der Waals surface area contributed by atoms with Gasteiger partial charge in [-0.25, -0.2) is 28.1 Å². The van der Waals surface area contributed by atoms with E-state index in [1.807, 2.05) is 53.4 Å². The number of epoxide rings is 6. The summed E-state index contributed by atoms with van der Waals surface area (Å²) in [6, 6.07) is 0. The fourth-order valence-corrected chi connectivity index (χ4v) is 16.7. The minimum atomic E-state index is -1.02. The molecule has 12 heterocycles. The lowest BCUT2D eigenvalue weighted by molar-refractivity contribution is 0.154. The third-order valence-corrected chi connectivity index (χ3v) is 22.6. The van der Waals surface area contributed by atoms with Crippen molar-refractivity contribution < 1.29 is 59.1 Å². The van der Waals surface area contributed by atoms with Crippen molar-refractivity contribution in [3.05, 3.63) is 271 Å². The topological polar surface area (TPSA) is 673 Å². The summed E-state index contributed by atoms with van der Waals surface area (Å²) >= 11 is 0. The number of aromatic nitrogens is 18. The lowest BCUT2D eigenvalue weighted by Crippen LogP contribution is -2.24. The molecule has 48 nitrogen and oxygen atoms in total. The number of rotatable bonds is 42. The monoisotopic (exact) mass is 1990 g/mol. The Balaban J connectivity index is 0.000000474. The predicted octanol–water partition coefficient (Wildman–Crippen LogP) is 14.5. The maximum absolute atomic E-state index is 11.4. The van der Waals surface area contributed by atoms with Crippen molar-refractivity contribution in [2.24, 2.45) is 30.7 Å². The van der Waals surface area contributed by atoms with E-state index in [4.69, 9.17) is 61.6 Å². The third-order valence-electron chi connectivity index (χ3n) is 22.6. The second-order valence-electron chi connectivity index (χ2n) is 30.5. The summed E-state index contributed by atoms with van der Waals surface area (Å²) in [5.74, 6) is 3.50. The van der Waals surface area contributed by atoms with Crippen LogP contribution in [0.15, 0.2) is 105 Å². The van der Waals surface area contributed by atoms with Gasteiger partial charge in [0, 0.05) is 66.7 Å². The number of hydrogen-bond donors (Lipinski definition) is 6. The van der Waals surface area contributed by atoms with Crippen LogP contribution >= 0.6 is 0 Å². The van der Waals surface area contributed by atoms with E-state index >= 15 is 0 Å². The minimum Gasteiger partial charge on any atom is -0.388 e. The molecule has 16 radical (unpaired) electrons. The average Bonchev–Trinajstić information content (AvgIpc) is 1.59. The number of hydrogen-bond acceptors (Lipinski definition) is 30. The molecule has 0 spiro atoms. The zero-order valence-corrected chi connectivity index (χ0v) is 82.8. The molecule has 0 saturated carbocycles. The Kier molecular flexibility index (Phi) is 59.9. The highest BCUT2D eigenvalue weighted by molar-refractivity contribution is 6.22. The Morgan fingerprint density at radius 1 is 0.288 bits per heavy atom. The van der Waals surface area contributed by atoms with E-state index in [0.717, 1.165) is 50.1 Å². The largest absolute Gasteiger partial charge is 0.388 e. The van der Waals surface area contributed by atoms with Gasteiger partial charge in [-0.15, -0.1) is 43.4 Å². The van der Waals surface area contributed by atoms with Crippen molar-refractivity contribution >= 4 is 62.8 Å². The van der Waals surface area contributed by atoms with Crippen LogP contribution in [-0.4, -0.2) is 223 Å². The molecule has 12 unspecified atom stereocenters. The predicted molar refractivity (Wildman–Crippen MR) is 554 cm³/mol. The van der Waals surface area contributed by atoms with E-state index in [-0.39, 0.29) is 110 Å². The summed E-state index contributed by atoms with van der Waals surface area (Å²) in [5.41, 5.74) is 71.6. The second kappa shape index (κ2) is 68.9. The average molecular weight is 1990 g/mol. The van der Waals surface area contributed by atoms with Crippen molar-refractivity contribution in [3.8, 4) is 24.5 Å². The quantitative estimate of drug-likeness (QED) is 0.00517. The fraction of sp³-hybridized carbons (Fsp3) is 0.556. The summed E-state index contributed by atoms with van der Waals surface area (Å²) in [7, 11) is 35.8. The van der Waals surface area contributed by atoms with Gasteiger partial charge >= 0.3 is 0 Å². The first kappa shape index (κ1) is 127. The lowest BCUT2D eigenvalue weighted by Gasteiger charge is -2.32. The van der Waals surface area contributed by atoms with E-state index in [9.17, 15) is 30.6 Å². The van der Waals surface area contributed by atoms with Gasteiger partial charge in [0.1, 0.15) is 36.6 Å². The van der Waals surface area contributed by atoms with Crippen LogP contribution in [0.25, 0.3) is 62.7 Å². The van der Waals surface area contributed by atoms with Crippen LogP contribution in [0.2, 0.25) is 40.9 Å². The number of terminal acetylenes is 2. The SMILES string of the molecule is C.C.CCC(O)c1c(CN=[N+]=[N-])c(C(O)CC)c(CN=[N+]=[N-])c(C(O)CC)c1CN=[N+]=[N-].CCC(O)c1c(Cn2ccnn2)c(C(O)CC)c(Cn2ccnn2)c(C(O)CC)c1Cn1ccnn1.[B]C.[B]C.[B]C.[B]C.[B]C.[B]C.[B]C#C.[B]C#C.[N-]=[N+]=NCc1c(C2CO2)c(CN=[N+]=[N-])c(C2CO2)c(CN=[N+]=[N-])c1C1CO1.c1cn(Cc2c(C3CO3)c(Cn3ccnn3)c(C3CO3)c(Cn3ccnn3)c2C2CO2)nn1. The van der Waals surface area contributed by atoms with Gasteiger partial charge in [-0.2, -0.15) is 11.6 Å². The smallest absolute Gasteiger partial charge is 0.187 e. The number of aliphatic hydroxyl groups is 6. The number of aliphatic hydroxyl groups excluding tert-OH is 6. The summed E-state index contributed by atoms with van der Waals surface area (Å²) in [6.45, 7) is 26.0. The van der Waals surface area contributed by atoms with Crippen LogP contribution in [0.1, 0.15) is 302 Å². The number of benzene rings is 4. The molecule has 16 rings (SSSR count). The Hall–Kier alpha value is -13.3. The molecule has 6 aliphatic heterocycles. The molecule has 6 saturated heterocycles. The number of nitrogens with zero attached hydrogens (tertiary/aromatic N) is 36. The van der Waals surface area contributed by atoms with Gasteiger partial charge in [-0.05, 0) is 205 Å². The second-order valence-corrected chi connectivity index (χ2v) is 30.5. The maximum atomic E-state index is 11.4. The molecule has 10 aromatic rings. The first-order valence-electron chi connectivity index (χ1n) is 45.9. The normalized spacial score (nSPS) is 16.2. The Labute approximate surface area is 860 Å². The van der Waals surface area contributed by atoms with Crippen LogP contribution in [0.3, 0.4) is 0 Å². The summed E-state index contributed by atoms with van der Waals surface area (Å²) in [6.07, 6.45) is 25.7. The highest BCUT2D eigenvalue weighted by Crippen LogP contribution is 2.53. The zero-order valence-electron chi connectivity index (χ0n) is 82.8. The van der Waals surface area contributed by atoms with Crippen molar-refractivity contribution in [2.75, 3.05) is 39.6 Å². The Bertz CT molecular complexity index is 5290.